The molecule has 0 unspecified atom stereocenters. The van der Waals surface area contributed by atoms with Crippen LogP contribution in [0.4, 0.5) is 0 Å². The normalized spacial score (nSPS) is 10.6. The van der Waals surface area contributed by atoms with Crippen LogP contribution in [0, 0.1) is 0 Å². The second kappa shape index (κ2) is 2.73. The molecule has 0 amide bonds. The summed E-state index contributed by atoms with van der Waals surface area (Å²) in [6.45, 7) is 0. The molecule has 0 atom stereocenters. The van der Waals surface area contributed by atoms with Crippen LogP contribution in [-0.2, 0) is 7.05 Å². The highest BCUT2D eigenvalue weighted by atomic mass is 16.4. The Morgan fingerprint density at radius 3 is 2.71 bits per heavy atom. The Hall–Kier alpha value is -2.04. The van der Waals surface area contributed by atoms with Crippen LogP contribution in [-0.4, -0.2) is 20.0 Å². The smallest absolute Gasteiger partial charge is 0.352 e. The number of aromatic nitrogens is 2. The molecule has 2 heterocycles. The van der Waals surface area contributed by atoms with Crippen molar-refractivity contribution in [1.82, 2.24) is 8.97 Å². The van der Waals surface area contributed by atoms with Crippen LogP contribution in [0.25, 0.3) is 5.52 Å². The van der Waals surface area contributed by atoms with Crippen molar-refractivity contribution in [3.05, 3.63) is 40.6 Å². The first-order chi connectivity index (χ1) is 6.61. The number of fused-ring (bicyclic) bond motifs is 1. The van der Waals surface area contributed by atoms with Crippen LogP contribution in [0.15, 0.2) is 29.3 Å². The predicted molar refractivity (Wildman–Crippen MR) is 49.6 cm³/mol. The number of carbonyl (C=O) groups is 1. The molecule has 2 aromatic rings. The molecule has 0 aromatic carbocycles. The molecule has 0 spiro atoms. The molecule has 0 saturated heterocycles. The predicted octanol–water partition coefficient (Wildman–Crippen LogP) is 0.336. The SMILES string of the molecule is Cn1ccn2c(C(=O)O)ccc2c1=O. The van der Waals surface area contributed by atoms with Gasteiger partial charge in [-0.3, -0.25) is 4.79 Å². The van der Waals surface area contributed by atoms with E-state index in [0.717, 1.165) is 0 Å². The number of aromatic carboxylic acids is 1. The molecular weight excluding hydrogens is 184 g/mol. The minimum Gasteiger partial charge on any atom is -0.477 e. The summed E-state index contributed by atoms with van der Waals surface area (Å²) in [5, 5.41) is 8.80. The van der Waals surface area contributed by atoms with E-state index in [4.69, 9.17) is 5.11 Å². The van der Waals surface area contributed by atoms with Gasteiger partial charge in [-0.1, -0.05) is 0 Å². The Bertz CT molecular complexity index is 565. The molecule has 0 bridgehead atoms. The standard InChI is InChI=1S/C9H8N2O3/c1-10-4-5-11-6(8(10)12)2-3-7(11)9(13)14/h2-5H,1H3,(H,13,14). The molecule has 0 radical (unpaired) electrons. The maximum Gasteiger partial charge on any atom is 0.352 e. The van der Waals surface area contributed by atoms with Crippen LogP contribution in [0.2, 0.25) is 0 Å². The minimum atomic E-state index is -1.04. The van der Waals surface area contributed by atoms with Crippen LogP contribution in [0.3, 0.4) is 0 Å². The second-order valence-corrected chi connectivity index (χ2v) is 2.99. The fraction of sp³-hybridized carbons (Fsp3) is 0.111. The van der Waals surface area contributed by atoms with Gasteiger partial charge in [-0.05, 0) is 12.1 Å². The zero-order chi connectivity index (χ0) is 10.3. The summed E-state index contributed by atoms with van der Waals surface area (Å²) in [6.07, 6.45) is 3.09. The van der Waals surface area contributed by atoms with E-state index in [-0.39, 0.29) is 11.3 Å². The van der Waals surface area contributed by atoms with Crippen molar-refractivity contribution in [1.29, 1.82) is 0 Å². The van der Waals surface area contributed by atoms with Gasteiger partial charge in [0.25, 0.3) is 5.56 Å². The van der Waals surface area contributed by atoms with Crippen LogP contribution in [0.5, 0.6) is 0 Å². The maximum atomic E-state index is 11.5. The summed E-state index contributed by atoms with van der Waals surface area (Å²) in [5.74, 6) is -1.04. The lowest BCUT2D eigenvalue weighted by Crippen LogP contribution is -2.18. The second-order valence-electron chi connectivity index (χ2n) is 2.99. The molecule has 0 aliphatic rings. The van der Waals surface area contributed by atoms with Crippen LogP contribution in [0.1, 0.15) is 10.5 Å². The largest absolute Gasteiger partial charge is 0.477 e. The fourth-order valence-corrected chi connectivity index (χ4v) is 1.37. The summed E-state index contributed by atoms with van der Waals surface area (Å²) >= 11 is 0. The van der Waals surface area contributed by atoms with Gasteiger partial charge in [-0.25, -0.2) is 4.79 Å². The first-order valence-electron chi connectivity index (χ1n) is 4.01. The van der Waals surface area contributed by atoms with Crippen molar-refractivity contribution in [3.8, 4) is 0 Å². The van der Waals surface area contributed by atoms with E-state index in [1.165, 1.54) is 27.3 Å². The molecule has 1 N–H and O–H groups in total. The first-order valence-corrected chi connectivity index (χ1v) is 4.01. The molecule has 14 heavy (non-hydrogen) atoms. The van der Waals surface area contributed by atoms with Crippen molar-refractivity contribution >= 4 is 11.5 Å². The van der Waals surface area contributed by atoms with Gasteiger partial charge < -0.3 is 14.1 Å². The third-order valence-corrected chi connectivity index (χ3v) is 2.12. The van der Waals surface area contributed by atoms with Crippen LogP contribution >= 0.6 is 0 Å². The summed E-state index contributed by atoms with van der Waals surface area (Å²) in [7, 11) is 1.62. The van der Waals surface area contributed by atoms with Gasteiger partial charge in [0.15, 0.2) is 0 Å². The zero-order valence-electron chi connectivity index (χ0n) is 7.47. The van der Waals surface area contributed by atoms with Gasteiger partial charge >= 0.3 is 5.97 Å². The number of rotatable bonds is 1. The molecular formula is C9H8N2O3. The Labute approximate surface area is 78.8 Å². The average molecular weight is 192 g/mol. The van der Waals surface area contributed by atoms with Crippen molar-refractivity contribution in [2.24, 2.45) is 7.05 Å². The lowest BCUT2D eigenvalue weighted by Gasteiger charge is -2.00. The number of nitrogens with zero attached hydrogens (tertiary/aromatic N) is 2. The molecule has 72 valence electrons. The van der Waals surface area contributed by atoms with E-state index >= 15 is 0 Å². The van der Waals surface area contributed by atoms with Gasteiger partial charge in [0.1, 0.15) is 11.2 Å². The summed E-state index contributed by atoms with van der Waals surface area (Å²) in [4.78, 5) is 22.3. The summed E-state index contributed by atoms with van der Waals surface area (Å²) < 4.78 is 2.77. The average Bonchev–Trinajstić information content (AvgIpc) is 2.55. The molecule has 2 rings (SSSR count). The third kappa shape index (κ3) is 1.02. The van der Waals surface area contributed by atoms with E-state index in [1.807, 2.05) is 0 Å². The molecule has 5 heteroatoms. The van der Waals surface area contributed by atoms with Gasteiger partial charge in [-0.2, -0.15) is 0 Å². The summed E-state index contributed by atoms with van der Waals surface area (Å²) in [6, 6.07) is 2.92. The highest BCUT2D eigenvalue weighted by Gasteiger charge is 2.10. The highest BCUT2D eigenvalue weighted by molar-refractivity contribution is 5.87. The van der Waals surface area contributed by atoms with Crippen molar-refractivity contribution in [3.63, 3.8) is 0 Å². The van der Waals surface area contributed by atoms with Gasteiger partial charge in [0.05, 0.1) is 0 Å². The lowest BCUT2D eigenvalue weighted by atomic mass is 10.4. The van der Waals surface area contributed by atoms with E-state index in [2.05, 4.69) is 0 Å². The molecule has 0 saturated carbocycles. The first kappa shape index (κ1) is 8.55. The van der Waals surface area contributed by atoms with Crippen molar-refractivity contribution in [2.45, 2.75) is 0 Å². The van der Waals surface area contributed by atoms with E-state index in [0.29, 0.717) is 5.52 Å². The maximum absolute atomic E-state index is 11.5. The number of carboxylic acids is 1. The zero-order valence-corrected chi connectivity index (χ0v) is 7.47. The Balaban J connectivity index is 2.91. The molecule has 0 aliphatic carbocycles. The summed E-state index contributed by atoms with van der Waals surface area (Å²) in [5.41, 5.74) is 0.255. The fourth-order valence-electron chi connectivity index (χ4n) is 1.37. The van der Waals surface area contributed by atoms with Gasteiger partial charge in [-0.15, -0.1) is 0 Å². The number of hydrogen-bond acceptors (Lipinski definition) is 2. The Morgan fingerprint density at radius 1 is 1.36 bits per heavy atom. The lowest BCUT2D eigenvalue weighted by molar-refractivity contribution is 0.0689. The van der Waals surface area contributed by atoms with Crippen LogP contribution < -0.4 is 5.56 Å². The minimum absolute atomic E-state index is 0.0951. The van der Waals surface area contributed by atoms with Crippen molar-refractivity contribution in [2.75, 3.05) is 0 Å². The van der Waals surface area contributed by atoms with Crippen molar-refractivity contribution < 1.29 is 9.90 Å². The highest BCUT2D eigenvalue weighted by Crippen LogP contribution is 2.05. The van der Waals surface area contributed by atoms with Gasteiger partial charge in [0, 0.05) is 19.4 Å². The Kier molecular flexibility index (Phi) is 1.67. The quantitative estimate of drug-likeness (QED) is 0.708. The Morgan fingerprint density at radius 2 is 2.07 bits per heavy atom. The van der Waals surface area contributed by atoms with Gasteiger partial charge in [0.2, 0.25) is 0 Å². The number of aryl methyl sites for hydroxylation is 1. The third-order valence-electron chi connectivity index (χ3n) is 2.12. The van der Waals surface area contributed by atoms with E-state index < -0.39 is 5.97 Å². The molecule has 2 aromatic heterocycles. The number of carboxylic acid groups (broad SMARTS) is 1. The van der Waals surface area contributed by atoms with E-state index in [1.54, 1.807) is 13.2 Å². The number of hydrogen-bond donors (Lipinski definition) is 1. The topological polar surface area (TPSA) is 63.7 Å². The molecule has 5 nitrogen and oxygen atoms in total. The molecule has 0 fully saturated rings. The molecule has 0 aliphatic heterocycles. The monoisotopic (exact) mass is 192 g/mol. The van der Waals surface area contributed by atoms with E-state index in [9.17, 15) is 9.59 Å².